The zero-order valence-electron chi connectivity index (χ0n) is 10.9. The van der Waals surface area contributed by atoms with Gasteiger partial charge in [-0.3, -0.25) is 16.3 Å². The standard InChI is InChI=1S/C15H19N3/c1-11-5-3-4-6-13(11)10-15(18-16)14-7-8-17-12(2)9-14/h3-9,15,18H,10,16H2,1-2H3. The van der Waals surface area contributed by atoms with Crippen molar-refractivity contribution in [2.24, 2.45) is 5.84 Å². The van der Waals surface area contributed by atoms with Crippen LogP contribution in [0.4, 0.5) is 0 Å². The Bertz CT molecular complexity index is 523. The Morgan fingerprint density at radius 3 is 2.67 bits per heavy atom. The molecule has 1 aromatic heterocycles. The van der Waals surface area contributed by atoms with E-state index in [4.69, 9.17) is 5.84 Å². The highest BCUT2D eigenvalue weighted by Crippen LogP contribution is 2.19. The summed E-state index contributed by atoms with van der Waals surface area (Å²) in [4.78, 5) is 4.21. The van der Waals surface area contributed by atoms with Crippen molar-refractivity contribution in [3.8, 4) is 0 Å². The second-order valence-corrected chi connectivity index (χ2v) is 4.58. The van der Waals surface area contributed by atoms with Gasteiger partial charge < -0.3 is 0 Å². The SMILES string of the molecule is Cc1cc(C(Cc2ccccc2C)NN)ccn1. The quantitative estimate of drug-likeness (QED) is 0.638. The summed E-state index contributed by atoms with van der Waals surface area (Å²) in [7, 11) is 0. The molecule has 2 aromatic rings. The molecule has 0 aliphatic rings. The number of hydrogen-bond acceptors (Lipinski definition) is 3. The van der Waals surface area contributed by atoms with Crippen molar-refractivity contribution >= 4 is 0 Å². The zero-order valence-corrected chi connectivity index (χ0v) is 10.9. The smallest absolute Gasteiger partial charge is 0.0501 e. The summed E-state index contributed by atoms with van der Waals surface area (Å²) in [5, 5.41) is 0. The molecule has 18 heavy (non-hydrogen) atoms. The van der Waals surface area contributed by atoms with Gasteiger partial charge in [0.05, 0.1) is 6.04 Å². The van der Waals surface area contributed by atoms with Crippen LogP contribution in [-0.4, -0.2) is 4.98 Å². The topological polar surface area (TPSA) is 50.9 Å². The highest BCUT2D eigenvalue weighted by atomic mass is 15.2. The van der Waals surface area contributed by atoms with Gasteiger partial charge in [-0.15, -0.1) is 0 Å². The van der Waals surface area contributed by atoms with Gasteiger partial charge in [0.2, 0.25) is 0 Å². The molecule has 0 bridgehead atoms. The third kappa shape index (κ3) is 2.94. The van der Waals surface area contributed by atoms with Crippen LogP contribution in [0.1, 0.15) is 28.4 Å². The largest absolute Gasteiger partial charge is 0.271 e. The van der Waals surface area contributed by atoms with Gasteiger partial charge in [0, 0.05) is 11.9 Å². The molecule has 0 amide bonds. The molecule has 0 aliphatic heterocycles. The summed E-state index contributed by atoms with van der Waals surface area (Å²) in [5.41, 5.74) is 7.69. The molecule has 1 aromatic carbocycles. The summed E-state index contributed by atoms with van der Waals surface area (Å²) in [6.07, 6.45) is 2.71. The van der Waals surface area contributed by atoms with E-state index in [9.17, 15) is 0 Å². The molecule has 0 spiro atoms. The van der Waals surface area contributed by atoms with E-state index in [0.29, 0.717) is 0 Å². The molecule has 0 aliphatic carbocycles. The fraction of sp³-hybridized carbons (Fsp3) is 0.267. The lowest BCUT2D eigenvalue weighted by atomic mass is 9.97. The molecule has 3 nitrogen and oxygen atoms in total. The van der Waals surface area contributed by atoms with Gasteiger partial charge in [0.1, 0.15) is 0 Å². The summed E-state index contributed by atoms with van der Waals surface area (Å²) in [5.74, 6) is 5.68. The third-order valence-corrected chi connectivity index (χ3v) is 3.21. The van der Waals surface area contributed by atoms with Crippen LogP contribution in [0.3, 0.4) is 0 Å². The number of rotatable bonds is 4. The number of hydrogen-bond donors (Lipinski definition) is 2. The molecular weight excluding hydrogens is 222 g/mol. The van der Waals surface area contributed by atoms with Crippen molar-refractivity contribution in [2.45, 2.75) is 26.3 Å². The lowest BCUT2D eigenvalue weighted by Gasteiger charge is -2.18. The second kappa shape index (κ2) is 5.76. The Labute approximate surface area is 108 Å². The second-order valence-electron chi connectivity index (χ2n) is 4.58. The minimum atomic E-state index is 0.118. The first kappa shape index (κ1) is 12.7. The van der Waals surface area contributed by atoms with Crippen molar-refractivity contribution in [2.75, 3.05) is 0 Å². The van der Waals surface area contributed by atoms with Gasteiger partial charge >= 0.3 is 0 Å². The van der Waals surface area contributed by atoms with E-state index < -0.39 is 0 Å². The average Bonchev–Trinajstić information content (AvgIpc) is 2.38. The van der Waals surface area contributed by atoms with Crippen LogP contribution in [0.15, 0.2) is 42.6 Å². The van der Waals surface area contributed by atoms with Crippen molar-refractivity contribution in [3.05, 3.63) is 65.0 Å². The lowest BCUT2D eigenvalue weighted by Crippen LogP contribution is -2.29. The molecule has 0 fully saturated rings. The van der Waals surface area contributed by atoms with Crippen molar-refractivity contribution < 1.29 is 0 Å². The predicted octanol–water partition coefficient (Wildman–Crippen LogP) is 2.45. The maximum Gasteiger partial charge on any atom is 0.0501 e. The van der Waals surface area contributed by atoms with Gasteiger partial charge in [-0.2, -0.15) is 0 Å². The number of nitrogens with one attached hydrogen (secondary N) is 1. The molecule has 1 atom stereocenters. The summed E-state index contributed by atoms with van der Waals surface area (Å²) < 4.78 is 0. The fourth-order valence-corrected chi connectivity index (χ4v) is 2.12. The Balaban J connectivity index is 2.23. The van der Waals surface area contributed by atoms with Gasteiger partial charge in [-0.05, 0) is 49.1 Å². The molecule has 0 saturated heterocycles. The molecular formula is C15H19N3. The van der Waals surface area contributed by atoms with Crippen LogP contribution in [0, 0.1) is 13.8 Å². The first-order chi connectivity index (χ1) is 8.70. The van der Waals surface area contributed by atoms with Crippen LogP contribution >= 0.6 is 0 Å². The van der Waals surface area contributed by atoms with Crippen LogP contribution in [0.5, 0.6) is 0 Å². The van der Waals surface area contributed by atoms with Crippen molar-refractivity contribution in [1.29, 1.82) is 0 Å². The first-order valence-electron chi connectivity index (χ1n) is 6.14. The van der Waals surface area contributed by atoms with E-state index in [2.05, 4.69) is 47.7 Å². The normalized spacial score (nSPS) is 12.4. The van der Waals surface area contributed by atoms with Crippen LogP contribution < -0.4 is 11.3 Å². The number of pyridine rings is 1. The molecule has 94 valence electrons. The Kier molecular flexibility index (Phi) is 4.07. The fourth-order valence-electron chi connectivity index (χ4n) is 2.12. The van der Waals surface area contributed by atoms with Crippen molar-refractivity contribution in [1.82, 2.24) is 10.4 Å². The van der Waals surface area contributed by atoms with Gasteiger partial charge in [0.25, 0.3) is 0 Å². The minimum absolute atomic E-state index is 0.118. The van der Waals surface area contributed by atoms with Gasteiger partial charge in [0.15, 0.2) is 0 Å². The molecule has 0 saturated carbocycles. The van der Waals surface area contributed by atoms with Crippen LogP contribution in [0.2, 0.25) is 0 Å². The van der Waals surface area contributed by atoms with Gasteiger partial charge in [-0.25, -0.2) is 0 Å². The minimum Gasteiger partial charge on any atom is -0.271 e. The average molecular weight is 241 g/mol. The number of aryl methyl sites for hydroxylation is 2. The maximum absolute atomic E-state index is 5.68. The summed E-state index contributed by atoms with van der Waals surface area (Å²) in [6.45, 7) is 4.12. The lowest BCUT2D eigenvalue weighted by molar-refractivity contribution is 0.550. The number of nitrogens with zero attached hydrogens (tertiary/aromatic N) is 1. The van der Waals surface area contributed by atoms with Gasteiger partial charge in [-0.1, -0.05) is 24.3 Å². The van der Waals surface area contributed by atoms with E-state index in [1.807, 2.05) is 19.2 Å². The highest BCUT2D eigenvalue weighted by Gasteiger charge is 2.11. The van der Waals surface area contributed by atoms with E-state index in [-0.39, 0.29) is 6.04 Å². The number of aromatic nitrogens is 1. The van der Waals surface area contributed by atoms with E-state index in [0.717, 1.165) is 12.1 Å². The highest BCUT2D eigenvalue weighted by molar-refractivity contribution is 5.29. The van der Waals surface area contributed by atoms with Crippen LogP contribution in [0.25, 0.3) is 0 Å². The van der Waals surface area contributed by atoms with E-state index in [1.165, 1.54) is 16.7 Å². The molecule has 1 unspecified atom stereocenters. The summed E-state index contributed by atoms with van der Waals surface area (Å²) in [6, 6.07) is 12.6. The third-order valence-electron chi connectivity index (χ3n) is 3.21. The molecule has 2 rings (SSSR count). The number of hydrazine groups is 1. The number of benzene rings is 1. The molecule has 3 heteroatoms. The predicted molar refractivity (Wildman–Crippen MR) is 73.9 cm³/mol. The molecule has 0 radical (unpaired) electrons. The Morgan fingerprint density at radius 1 is 1.22 bits per heavy atom. The molecule has 1 heterocycles. The van der Waals surface area contributed by atoms with E-state index in [1.54, 1.807) is 0 Å². The first-order valence-corrected chi connectivity index (χ1v) is 6.14. The maximum atomic E-state index is 5.68. The Hall–Kier alpha value is -1.71. The monoisotopic (exact) mass is 241 g/mol. The van der Waals surface area contributed by atoms with Crippen LogP contribution in [-0.2, 0) is 6.42 Å². The molecule has 3 N–H and O–H groups in total. The number of nitrogens with two attached hydrogens (primary N) is 1. The Morgan fingerprint density at radius 2 is 2.00 bits per heavy atom. The zero-order chi connectivity index (χ0) is 13.0. The van der Waals surface area contributed by atoms with Crippen molar-refractivity contribution in [3.63, 3.8) is 0 Å². The summed E-state index contributed by atoms with van der Waals surface area (Å²) >= 11 is 0. The van der Waals surface area contributed by atoms with E-state index >= 15 is 0 Å².